The lowest BCUT2D eigenvalue weighted by Crippen LogP contribution is -2.33. The third-order valence-corrected chi connectivity index (χ3v) is 4.97. The predicted octanol–water partition coefficient (Wildman–Crippen LogP) is 3.38. The lowest BCUT2D eigenvalue weighted by molar-refractivity contribution is -0.116. The SMILES string of the molecule is Cc1ccc(N(CCC(=O)Nc2c(F)cccc2F)S(C)(=O)=O)c(C)c1. The van der Waals surface area contributed by atoms with E-state index in [2.05, 4.69) is 5.32 Å². The summed E-state index contributed by atoms with van der Waals surface area (Å²) in [5.41, 5.74) is 1.64. The summed E-state index contributed by atoms with van der Waals surface area (Å²) in [4.78, 5) is 12.1. The Morgan fingerprint density at radius 1 is 1.12 bits per heavy atom. The Morgan fingerprint density at radius 2 is 1.73 bits per heavy atom. The number of nitrogens with zero attached hydrogens (tertiary/aromatic N) is 1. The first-order chi connectivity index (χ1) is 12.1. The third-order valence-electron chi connectivity index (χ3n) is 3.79. The zero-order valence-corrected chi connectivity index (χ0v) is 15.5. The summed E-state index contributed by atoms with van der Waals surface area (Å²) in [6, 6.07) is 8.51. The Labute approximate surface area is 151 Å². The molecule has 140 valence electrons. The van der Waals surface area contributed by atoms with Gasteiger partial charge in [-0.15, -0.1) is 0 Å². The van der Waals surface area contributed by atoms with Crippen molar-refractivity contribution in [3.8, 4) is 0 Å². The van der Waals surface area contributed by atoms with Crippen LogP contribution in [-0.2, 0) is 14.8 Å². The molecule has 2 rings (SSSR count). The smallest absolute Gasteiger partial charge is 0.232 e. The molecular formula is C18H20F2N2O3S. The first-order valence-electron chi connectivity index (χ1n) is 7.88. The number of carbonyl (C=O) groups excluding carboxylic acids is 1. The number of hydrogen-bond acceptors (Lipinski definition) is 3. The molecule has 0 spiro atoms. The second-order valence-corrected chi connectivity index (χ2v) is 7.93. The van der Waals surface area contributed by atoms with Crippen LogP contribution in [0.2, 0.25) is 0 Å². The monoisotopic (exact) mass is 382 g/mol. The highest BCUT2D eigenvalue weighted by atomic mass is 32.2. The maximum Gasteiger partial charge on any atom is 0.232 e. The van der Waals surface area contributed by atoms with Gasteiger partial charge in [0.05, 0.1) is 11.9 Å². The van der Waals surface area contributed by atoms with E-state index in [1.165, 1.54) is 6.07 Å². The van der Waals surface area contributed by atoms with E-state index in [0.717, 1.165) is 33.8 Å². The zero-order valence-electron chi connectivity index (χ0n) is 14.7. The molecule has 1 amide bonds. The van der Waals surface area contributed by atoms with E-state index in [1.807, 2.05) is 13.0 Å². The van der Waals surface area contributed by atoms with E-state index in [1.54, 1.807) is 19.1 Å². The highest BCUT2D eigenvalue weighted by Gasteiger charge is 2.21. The fourth-order valence-electron chi connectivity index (χ4n) is 2.57. The lowest BCUT2D eigenvalue weighted by Gasteiger charge is -2.24. The van der Waals surface area contributed by atoms with E-state index < -0.39 is 33.3 Å². The van der Waals surface area contributed by atoms with E-state index in [-0.39, 0.29) is 13.0 Å². The Balaban J connectivity index is 2.16. The van der Waals surface area contributed by atoms with Crippen LogP contribution in [0.5, 0.6) is 0 Å². The van der Waals surface area contributed by atoms with Crippen molar-refractivity contribution in [3.63, 3.8) is 0 Å². The predicted molar refractivity (Wildman–Crippen MR) is 97.7 cm³/mol. The zero-order chi connectivity index (χ0) is 19.5. The van der Waals surface area contributed by atoms with Crippen molar-refractivity contribution in [3.05, 3.63) is 59.2 Å². The van der Waals surface area contributed by atoms with Crippen LogP contribution < -0.4 is 9.62 Å². The quantitative estimate of drug-likeness (QED) is 0.833. The molecule has 0 saturated heterocycles. The molecule has 0 radical (unpaired) electrons. The van der Waals surface area contributed by atoms with Crippen LogP contribution in [0.15, 0.2) is 36.4 Å². The summed E-state index contributed by atoms with van der Waals surface area (Å²) < 4.78 is 52.5. The van der Waals surface area contributed by atoms with E-state index in [9.17, 15) is 22.0 Å². The van der Waals surface area contributed by atoms with Gasteiger partial charge in [0.2, 0.25) is 15.9 Å². The van der Waals surface area contributed by atoms with Crippen molar-refractivity contribution in [2.75, 3.05) is 22.4 Å². The molecule has 26 heavy (non-hydrogen) atoms. The number of halogens is 2. The minimum atomic E-state index is -3.63. The fraction of sp³-hybridized carbons (Fsp3) is 0.278. The van der Waals surface area contributed by atoms with Crippen molar-refractivity contribution in [1.82, 2.24) is 0 Å². The summed E-state index contributed by atoms with van der Waals surface area (Å²) in [5, 5.41) is 2.15. The van der Waals surface area contributed by atoms with Crippen molar-refractivity contribution >= 4 is 27.3 Å². The molecular weight excluding hydrogens is 362 g/mol. The highest BCUT2D eigenvalue weighted by Crippen LogP contribution is 2.24. The topological polar surface area (TPSA) is 66.5 Å². The fourth-order valence-corrected chi connectivity index (χ4v) is 3.56. The standard InChI is InChI=1S/C18H20F2N2O3S/c1-12-7-8-16(13(2)11-12)22(26(3,24)25)10-9-17(23)21-18-14(19)5-4-6-15(18)20/h4-8,11H,9-10H2,1-3H3,(H,21,23). The highest BCUT2D eigenvalue weighted by molar-refractivity contribution is 7.92. The molecule has 0 aliphatic carbocycles. The van der Waals surface area contributed by atoms with Crippen LogP contribution in [-0.4, -0.2) is 27.1 Å². The van der Waals surface area contributed by atoms with E-state index in [4.69, 9.17) is 0 Å². The molecule has 8 heteroatoms. The molecule has 1 N–H and O–H groups in total. The molecule has 0 bridgehead atoms. The third kappa shape index (κ3) is 4.78. The number of sulfonamides is 1. The molecule has 2 aromatic carbocycles. The summed E-state index contributed by atoms with van der Waals surface area (Å²) >= 11 is 0. The molecule has 2 aromatic rings. The maximum atomic E-state index is 13.6. The second-order valence-electron chi connectivity index (χ2n) is 6.02. The number of anilines is 2. The number of amides is 1. The van der Waals surface area contributed by atoms with Gasteiger partial charge in [0.15, 0.2) is 0 Å². The molecule has 0 saturated carbocycles. The van der Waals surface area contributed by atoms with Crippen LogP contribution in [0, 0.1) is 25.5 Å². The van der Waals surface area contributed by atoms with Crippen LogP contribution >= 0.6 is 0 Å². The average Bonchev–Trinajstić information content (AvgIpc) is 2.52. The maximum absolute atomic E-state index is 13.6. The molecule has 0 heterocycles. The largest absolute Gasteiger partial charge is 0.321 e. The first-order valence-corrected chi connectivity index (χ1v) is 9.73. The Hall–Kier alpha value is -2.48. The van der Waals surface area contributed by atoms with Gasteiger partial charge in [-0.05, 0) is 37.6 Å². The summed E-state index contributed by atoms with van der Waals surface area (Å²) in [5.74, 6) is -2.48. The van der Waals surface area contributed by atoms with Crippen LogP contribution in [0.1, 0.15) is 17.5 Å². The van der Waals surface area contributed by atoms with Gasteiger partial charge in [0.25, 0.3) is 0 Å². The number of carbonyl (C=O) groups is 1. The van der Waals surface area contributed by atoms with E-state index in [0.29, 0.717) is 5.69 Å². The van der Waals surface area contributed by atoms with Gasteiger partial charge >= 0.3 is 0 Å². The van der Waals surface area contributed by atoms with E-state index >= 15 is 0 Å². The summed E-state index contributed by atoms with van der Waals surface area (Å²) in [7, 11) is -3.63. The average molecular weight is 382 g/mol. The number of benzene rings is 2. The van der Waals surface area contributed by atoms with Gasteiger partial charge in [-0.25, -0.2) is 17.2 Å². The Kier molecular flexibility index (Phi) is 5.97. The van der Waals surface area contributed by atoms with Gasteiger partial charge in [-0.3, -0.25) is 9.10 Å². The molecule has 0 aromatic heterocycles. The van der Waals surface area contributed by atoms with Gasteiger partial charge in [0.1, 0.15) is 17.3 Å². The normalized spacial score (nSPS) is 11.3. The van der Waals surface area contributed by atoms with Gasteiger partial charge in [0, 0.05) is 13.0 Å². The summed E-state index contributed by atoms with van der Waals surface area (Å²) in [6.07, 6.45) is 0.787. The number of nitrogens with one attached hydrogen (secondary N) is 1. The number of hydrogen-bond donors (Lipinski definition) is 1. The molecule has 0 aliphatic rings. The van der Waals surface area contributed by atoms with Gasteiger partial charge in [-0.2, -0.15) is 0 Å². The van der Waals surface area contributed by atoms with Crippen molar-refractivity contribution < 1.29 is 22.0 Å². The Bertz CT molecular complexity index is 910. The number of para-hydroxylation sites is 1. The molecule has 5 nitrogen and oxygen atoms in total. The van der Waals surface area contributed by atoms with Gasteiger partial charge < -0.3 is 5.32 Å². The lowest BCUT2D eigenvalue weighted by atomic mass is 10.1. The summed E-state index contributed by atoms with van der Waals surface area (Å²) in [6.45, 7) is 3.51. The van der Waals surface area contributed by atoms with Crippen molar-refractivity contribution in [2.45, 2.75) is 20.3 Å². The van der Waals surface area contributed by atoms with Crippen molar-refractivity contribution in [1.29, 1.82) is 0 Å². The van der Waals surface area contributed by atoms with Gasteiger partial charge in [-0.1, -0.05) is 23.8 Å². The molecule has 0 unspecified atom stereocenters. The Morgan fingerprint density at radius 3 is 2.27 bits per heavy atom. The minimum Gasteiger partial charge on any atom is -0.321 e. The second kappa shape index (κ2) is 7.82. The first kappa shape index (κ1) is 19.8. The number of rotatable bonds is 6. The van der Waals surface area contributed by atoms with Crippen molar-refractivity contribution in [2.24, 2.45) is 0 Å². The van der Waals surface area contributed by atoms with Crippen LogP contribution in [0.3, 0.4) is 0 Å². The van der Waals surface area contributed by atoms with Crippen LogP contribution in [0.25, 0.3) is 0 Å². The number of aryl methyl sites for hydroxylation is 2. The minimum absolute atomic E-state index is 0.148. The molecule has 0 aliphatic heterocycles. The molecule has 0 atom stereocenters. The van der Waals surface area contributed by atoms with Crippen LogP contribution in [0.4, 0.5) is 20.2 Å². The molecule has 0 fully saturated rings.